The minimum atomic E-state index is -0.317. The maximum absolute atomic E-state index is 13.4. The zero-order valence-electron chi connectivity index (χ0n) is 27.0. The highest BCUT2D eigenvalue weighted by atomic mass is 32.1. The van der Waals surface area contributed by atoms with Crippen LogP contribution in [0.2, 0.25) is 0 Å². The normalized spacial score (nSPS) is 13.4. The van der Waals surface area contributed by atoms with Crippen molar-refractivity contribution in [1.82, 2.24) is 26.1 Å². The molecule has 3 amide bonds. The Morgan fingerprint density at radius 1 is 1.02 bits per heavy atom. The molecule has 1 heterocycles. The number of amides is 3. The number of nitrogens with zero attached hydrogens (tertiary/aromatic N) is 2. The van der Waals surface area contributed by atoms with Crippen molar-refractivity contribution < 1.29 is 19.1 Å². The third-order valence-electron chi connectivity index (χ3n) is 7.35. The molecule has 0 fully saturated rings. The van der Waals surface area contributed by atoms with Gasteiger partial charge in [0.15, 0.2) is 0 Å². The summed E-state index contributed by atoms with van der Waals surface area (Å²) in [5.41, 5.74) is 6.67. The number of thiazole rings is 1. The highest BCUT2D eigenvalue weighted by Gasteiger charge is 2.31. The van der Waals surface area contributed by atoms with E-state index in [0.29, 0.717) is 44.5 Å². The molecule has 0 spiro atoms. The summed E-state index contributed by atoms with van der Waals surface area (Å²) in [7, 11) is 1.65. The summed E-state index contributed by atoms with van der Waals surface area (Å²) in [6.45, 7) is 11.9. The van der Waals surface area contributed by atoms with Gasteiger partial charge in [-0.3, -0.25) is 19.8 Å². The third-order valence-corrected chi connectivity index (χ3v) is 8.29. The number of unbranched alkanes of at least 4 members (excludes halogenated alkanes) is 1. The average molecular weight is 616 g/mol. The summed E-state index contributed by atoms with van der Waals surface area (Å²) >= 11 is 1.42. The number of benzene rings is 1. The van der Waals surface area contributed by atoms with Gasteiger partial charge in [-0.05, 0) is 43.6 Å². The van der Waals surface area contributed by atoms with Crippen LogP contribution in [0.25, 0.3) is 0 Å². The van der Waals surface area contributed by atoms with Crippen LogP contribution in [0.1, 0.15) is 113 Å². The maximum atomic E-state index is 13.4. The molecule has 0 aliphatic heterocycles. The number of ether oxygens (including phenoxy) is 1. The molecule has 9 nitrogen and oxygen atoms in total. The first kappa shape index (κ1) is 36.4. The van der Waals surface area contributed by atoms with Crippen molar-refractivity contribution in [3.05, 3.63) is 52.0 Å². The quantitative estimate of drug-likeness (QED) is 0.153. The topological polar surface area (TPSA) is 113 Å². The van der Waals surface area contributed by atoms with Crippen molar-refractivity contribution in [3.63, 3.8) is 0 Å². The van der Waals surface area contributed by atoms with E-state index in [1.807, 2.05) is 35.2 Å². The second-order valence-electron chi connectivity index (χ2n) is 11.4. The van der Waals surface area contributed by atoms with Crippen molar-refractivity contribution in [1.29, 1.82) is 0 Å². The van der Waals surface area contributed by atoms with Gasteiger partial charge in [-0.1, -0.05) is 71.4 Å². The Morgan fingerprint density at radius 3 is 2.40 bits per heavy atom. The minimum Gasteiger partial charge on any atom is -0.371 e. The van der Waals surface area contributed by atoms with E-state index in [9.17, 15) is 14.4 Å². The molecule has 2 aromatic rings. The lowest BCUT2D eigenvalue weighted by Gasteiger charge is -2.36. The van der Waals surface area contributed by atoms with Gasteiger partial charge >= 0.3 is 0 Å². The number of rotatable bonds is 21. The molecule has 3 N–H and O–H groups in total. The number of carbonyl (C=O) groups is 3. The van der Waals surface area contributed by atoms with Crippen LogP contribution >= 0.6 is 11.3 Å². The maximum Gasteiger partial charge on any atom is 0.270 e. The van der Waals surface area contributed by atoms with Crippen LogP contribution in [0.15, 0.2) is 35.7 Å². The van der Waals surface area contributed by atoms with Crippen molar-refractivity contribution in [2.24, 2.45) is 5.92 Å². The molecule has 0 aliphatic carbocycles. The molecule has 0 saturated carbocycles. The number of hydrogen-bond acceptors (Lipinski definition) is 7. The van der Waals surface area contributed by atoms with Gasteiger partial charge in [-0.25, -0.2) is 10.4 Å². The molecule has 43 heavy (non-hydrogen) atoms. The van der Waals surface area contributed by atoms with Gasteiger partial charge in [0, 0.05) is 56.9 Å². The molecule has 10 heteroatoms. The fraction of sp³-hybridized carbons (Fsp3) is 0.636. The van der Waals surface area contributed by atoms with Crippen LogP contribution in [0.5, 0.6) is 0 Å². The number of hydrazine groups is 1. The molecule has 0 radical (unpaired) electrons. The Bertz CT molecular complexity index is 1090. The van der Waals surface area contributed by atoms with Crippen molar-refractivity contribution >= 4 is 29.1 Å². The van der Waals surface area contributed by atoms with E-state index < -0.39 is 0 Å². The first-order chi connectivity index (χ1) is 20.7. The fourth-order valence-electron chi connectivity index (χ4n) is 5.10. The second-order valence-corrected chi connectivity index (χ2v) is 12.3. The van der Waals surface area contributed by atoms with E-state index in [2.05, 4.69) is 50.8 Å². The summed E-state index contributed by atoms with van der Waals surface area (Å²) < 4.78 is 6.32. The van der Waals surface area contributed by atoms with Gasteiger partial charge in [0.1, 0.15) is 16.8 Å². The largest absolute Gasteiger partial charge is 0.371 e. The molecular weight excluding hydrogens is 562 g/mol. The summed E-state index contributed by atoms with van der Waals surface area (Å²) in [5.74, 6) is 0.0382. The first-order valence-corrected chi connectivity index (χ1v) is 16.8. The molecular formula is C33H53N5O4S. The Morgan fingerprint density at radius 2 is 1.77 bits per heavy atom. The molecule has 240 valence electrons. The zero-order chi connectivity index (χ0) is 31.6. The van der Waals surface area contributed by atoms with Crippen molar-refractivity contribution in [2.75, 3.05) is 20.2 Å². The van der Waals surface area contributed by atoms with E-state index in [-0.39, 0.29) is 48.2 Å². The number of hydrogen-bond donors (Lipinski definition) is 3. The lowest BCUT2D eigenvalue weighted by molar-refractivity contribution is -0.135. The van der Waals surface area contributed by atoms with Crippen LogP contribution in [-0.4, -0.2) is 59.9 Å². The summed E-state index contributed by atoms with van der Waals surface area (Å²) in [6.07, 6.45) is 5.86. The smallest absolute Gasteiger partial charge is 0.270 e. The monoisotopic (exact) mass is 615 g/mol. The van der Waals surface area contributed by atoms with E-state index in [1.165, 1.54) is 11.3 Å². The molecule has 0 bridgehead atoms. The lowest BCUT2D eigenvalue weighted by Crippen LogP contribution is -2.44. The Balaban J connectivity index is 2.23. The number of aromatic nitrogens is 1. The van der Waals surface area contributed by atoms with Crippen molar-refractivity contribution in [2.45, 2.75) is 111 Å². The molecule has 0 saturated heterocycles. The predicted octanol–water partition coefficient (Wildman–Crippen LogP) is 5.83. The highest BCUT2D eigenvalue weighted by Crippen LogP contribution is 2.31. The van der Waals surface area contributed by atoms with Crippen LogP contribution in [0, 0.1) is 5.92 Å². The molecule has 1 aromatic carbocycles. The summed E-state index contributed by atoms with van der Waals surface area (Å²) in [6, 6.07) is 9.69. The molecule has 0 aliphatic rings. The molecule has 2 rings (SSSR count). The second kappa shape index (κ2) is 20.2. The SMILES string of the molecule is CCCCC(=O)N(CCC)C(C[C@@H](OCCC)c1nc(C(=O)N[C@H](CCC(=O)NNC)Cc2ccccc2)cs1)C(C)C. The Kier molecular flexibility index (Phi) is 17.1. The van der Waals surface area contributed by atoms with Crippen LogP contribution in [0.4, 0.5) is 0 Å². The van der Waals surface area contributed by atoms with E-state index in [0.717, 1.165) is 36.3 Å². The Hall–Kier alpha value is -2.82. The number of carbonyl (C=O) groups excluding carboxylic acids is 3. The predicted molar refractivity (Wildman–Crippen MR) is 174 cm³/mol. The molecule has 1 unspecified atom stereocenters. The summed E-state index contributed by atoms with van der Waals surface area (Å²) in [4.78, 5) is 45.5. The van der Waals surface area contributed by atoms with E-state index in [1.54, 1.807) is 12.4 Å². The standard InChI is InChI=1S/C33H53N5O4S/c1-7-10-16-31(40)38(19-8-2)28(24(4)5)22-29(42-20-9-3)33-36-27(23-43-33)32(41)35-26(17-18-30(39)37-34-6)21-25-14-12-11-13-15-25/h11-15,23-24,26,28-29,34H,7-10,16-22H2,1-6H3,(H,35,41)(H,37,39)/t26-,28?,29-/m1/s1. The Labute approximate surface area is 262 Å². The van der Waals surface area contributed by atoms with Crippen LogP contribution < -0.4 is 16.2 Å². The zero-order valence-corrected chi connectivity index (χ0v) is 27.8. The van der Waals surface area contributed by atoms with Gasteiger partial charge < -0.3 is 15.0 Å². The van der Waals surface area contributed by atoms with E-state index >= 15 is 0 Å². The average Bonchev–Trinajstić information content (AvgIpc) is 3.49. The number of nitrogens with one attached hydrogen (secondary N) is 3. The van der Waals surface area contributed by atoms with Gasteiger partial charge in [0.2, 0.25) is 11.8 Å². The van der Waals surface area contributed by atoms with E-state index in [4.69, 9.17) is 9.72 Å². The highest BCUT2D eigenvalue weighted by molar-refractivity contribution is 7.09. The van der Waals surface area contributed by atoms with Gasteiger partial charge in [-0.2, -0.15) is 0 Å². The minimum absolute atomic E-state index is 0.00588. The van der Waals surface area contributed by atoms with Gasteiger partial charge in [-0.15, -0.1) is 11.3 Å². The van der Waals surface area contributed by atoms with Gasteiger partial charge in [0.05, 0.1) is 0 Å². The van der Waals surface area contributed by atoms with Gasteiger partial charge in [0.25, 0.3) is 5.91 Å². The van der Waals surface area contributed by atoms with Crippen LogP contribution in [0.3, 0.4) is 0 Å². The van der Waals surface area contributed by atoms with Crippen LogP contribution in [-0.2, 0) is 20.7 Å². The fourth-order valence-corrected chi connectivity index (χ4v) is 5.96. The summed E-state index contributed by atoms with van der Waals surface area (Å²) in [5, 5.41) is 5.64. The first-order valence-electron chi connectivity index (χ1n) is 15.9. The van der Waals surface area contributed by atoms with Crippen molar-refractivity contribution in [3.8, 4) is 0 Å². The third kappa shape index (κ3) is 12.7. The molecule has 3 atom stereocenters. The molecule has 1 aromatic heterocycles. The lowest BCUT2D eigenvalue weighted by atomic mass is 9.95.